The highest BCUT2D eigenvalue weighted by Crippen LogP contribution is 2.45. The van der Waals surface area contributed by atoms with E-state index in [9.17, 15) is 43.5 Å². The van der Waals surface area contributed by atoms with Gasteiger partial charge in [0, 0.05) is 19.3 Å². The minimum atomic E-state index is -4.93. The summed E-state index contributed by atoms with van der Waals surface area (Å²) in [5, 5.41) is 20.6. The molecule has 0 heterocycles. The Morgan fingerprint density at radius 3 is 0.869 bits per heavy atom. The van der Waals surface area contributed by atoms with Gasteiger partial charge < -0.3 is 34.2 Å². The van der Waals surface area contributed by atoms with Crippen LogP contribution in [-0.4, -0.2) is 95.9 Å². The fraction of sp³-hybridized carbons (Fsp3) is 0.741. The number of hydrogen-bond acceptors (Lipinski definition) is 14. The summed E-state index contributed by atoms with van der Waals surface area (Å²) in [5.74, 6) is -1.57. The average Bonchev–Trinajstić information content (AvgIpc) is 1.26. The zero-order valence-electron chi connectivity index (χ0n) is 62.4. The van der Waals surface area contributed by atoms with Gasteiger partial charge in [-0.25, -0.2) is 9.13 Å². The molecule has 4 N–H and O–H groups in total. The van der Waals surface area contributed by atoms with Crippen molar-refractivity contribution in [1.29, 1.82) is 0 Å². The first-order valence-corrected chi connectivity index (χ1v) is 42.2. The molecule has 99 heavy (non-hydrogen) atoms. The van der Waals surface area contributed by atoms with Crippen molar-refractivity contribution in [3.63, 3.8) is 0 Å². The molecule has 572 valence electrons. The molecule has 0 aromatic heterocycles. The van der Waals surface area contributed by atoms with Crippen molar-refractivity contribution < 1.29 is 75.8 Å². The zero-order valence-corrected chi connectivity index (χ0v) is 64.2. The maximum atomic E-state index is 12.9. The minimum Gasteiger partial charge on any atom is -0.463 e. The van der Waals surface area contributed by atoms with Crippen molar-refractivity contribution in [1.82, 2.24) is 0 Å². The summed E-state index contributed by atoms with van der Waals surface area (Å²) in [4.78, 5) is 58.5. The van der Waals surface area contributed by atoms with Gasteiger partial charge in [0.1, 0.15) is 25.4 Å². The average molecular weight is 1430 g/mol. The summed E-state index contributed by atoms with van der Waals surface area (Å²) in [6, 6.07) is 0. The van der Waals surface area contributed by atoms with Crippen molar-refractivity contribution in [3.05, 3.63) is 109 Å². The third kappa shape index (κ3) is 75.2. The number of hydrogen-bond donors (Lipinski definition) is 4. The van der Waals surface area contributed by atoms with E-state index in [0.29, 0.717) is 19.3 Å². The quantitative estimate of drug-likeness (QED) is 0.0146. The van der Waals surface area contributed by atoms with Crippen molar-refractivity contribution in [2.45, 2.75) is 347 Å². The SMILES string of the molecule is CC/C=C\C/C=C\C/C=C\C/C=C\C/C=C\CCCCCCCCCCCCCC(=O)OCC(O)COP(=O)(O)OCC(O)COP(=O)(O)OCC(COC(=O)CCCCCCCCCCC/C=C\C/C=C\C/C=C\C/C=C\CCCCC)OC(=O)CCCCCCCCCCCCC. The fourth-order valence-corrected chi connectivity index (χ4v) is 12.1. The van der Waals surface area contributed by atoms with Crippen LogP contribution in [0.4, 0.5) is 0 Å². The lowest BCUT2D eigenvalue weighted by Gasteiger charge is -2.21. The number of ether oxygens (including phenoxy) is 3. The van der Waals surface area contributed by atoms with E-state index in [-0.39, 0.29) is 19.3 Å². The third-order valence-corrected chi connectivity index (χ3v) is 18.4. The van der Waals surface area contributed by atoms with Crippen LogP contribution in [0.15, 0.2) is 109 Å². The van der Waals surface area contributed by atoms with Crippen LogP contribution in [0.3, 0.4) is 0 Å². The van der Waals surface area contributed by atoms with Gasteiger partial charge in [0.05, 0.1) is 26.4 Å². The first kappa shape index (κ1) is 95.2. The normalized spacial score (nSPS) is 14.6. The Hall–Kier alpha value is -3.79. The molecule has 0 rings (SSSR count). The Kier molecular flexibility index (Phi) is 71.1. The molecule has 5 unspecified atom stereocenters. The van der Waals surface area contributed by atoms with Crippen molar-refractivity contribution in [2.75, 3.05) is 39.6 Å². The number of phosphoric acid groups is 2. The van der Waals surface area contributed by atoms with Crippen LogP contribution in [0.5, 0.6) is 0 Å². The molecule has 0 radical (unpaired) electrons. The number of aliphatic hydroxyl groups excluding tert-OH is 2. The molecule has 0 bridgehead atoms. The van der Waals surface area contributed by atoms with Gasteiger partial charge in [-0.3, -0.25) is 32.5 Å². The van der Waals surface area contributed by atoms with Crippen molar-refractivity contribution >= 4 is 33.6 Å². The van der Waals surface area contributed by atoms with E-state index in [1.54, 1.807) is 0 Å². The Morgan fingerprint density at radius 2 is 0.535 bits per heavy atom. The molecule has 5 atom stereocenters. The van der Waals surface area contributed by atoms with E-state index in [1.807, 2.05) is 0 Å². The van der Waals surface area contributed by atoms with Gasteiger partial charge >= 0.3 is 33.6 Å². The van der Waals surface area contributed by atoms with Crippen LogP contribution in [0.25, 0.3) is 0 Å². The first-order valence-electron chi connectivity index (χ1n) is 39.2. The standard InChI is InChI=1S/C81H142O16P2/c1-4-7-10-13-16-19-22-24-26-28-30-32-34-36-37-39-41-42-44-46-48-50-53-55-58-61-64-67-79(84)91-70-76(82)71-93-98(87,88)94-72-77(83)73-95-99(89,90)96-75-78(97-81(86)69-66-63-60-57-52-21-18-15-12-9-6-3)74-92-80(85)68-65-62-59-56-54-51-49-47-45-43-40-38-35-33-31-29-27-25-23-20-17-14-11-8-5-2/h7,10,16-17,19-20,24-27,30-33,36-38,40,76-78,82-83H,4-6,8-9,11-15,18,21-23,28-29,34-35,39,41-75H2,1-3H3,(H,87,88)(H,89,90)/b10-7-,19-16-,20-17-,26-24-,27-25-,32-30-,33-31-,37-36-,40-38-. The molecule has 16 nitrogen and oxygen atoms in total. The van der Waals surface area contributed by atoms with Crippen LogP contribution < -0.4 is 0 Å². The minimum absolute atomic E-state index is 0.105. The number of rotatable bonds is 74. The predicted octanol–water partition coefficient (Wildman–Crippen LogP) is 22.8. The molecule has 0 aliphatic rings. The Balaban J connectivity index is 4.47. The lowest BCUT2D eigenvalue weighted by atomic mass is 10.0. The lowest BCUT2D eigenvalue weighted by Crippen LogP contribution is -2.30. The monoisotopic (exact) mass is 1430 g/mol. The maximum absolute atomic E-state index is 12.9. The molecular weight excluding hydrogens is 1290 g/mol. The van der Waals surface area contributed by atoms with Crippen LogP contribution in [0.2, 0.25) is 0 Å². The molecule has 0 spiro atoms. The number of aliphatic hydroxyl groups is 2. The maximum Gasteiger partial charge on any atom is 0.472 e. The Labute approximate surface area is 602 Å². The molecule has 0 amide bonds. The molecule has 0 aromatic rings. The number of allylic oxidation sites excluding steroid dienone is 18. The summed E-state index contributed by atoms with van der Waals surface area (Å²) in [6.45, 7) is 2.54. The molecule has 0 aromatic carbocycles. The second-order valence-corrected chi connectivity index (χ2v) is 29.0. The second-order valence-electron chi connectivity index (χ2n) is 26.1. The van der Waals surface area contributed by atoms with Gasteiger partial charge in [0.15, 0.2) is 6.10 Å². The largest absolute Gasteiger partial charge is 0.472 e. The Morgan fingerprint density at radius 1 is 0.293 bits per heavy atom. The van der Waals surface area contributed by atoms with Gasteiger partial charge in [-0.05, 0) is 109 Å². The smallest absolute Gasteiger partial charge is 0.463 e. The van der Waals surface area contributed by atoms with E-state index in [2.05, 4.69) is 130 Å². The van der Waals surface area contributed by atoms with Gasteiger partial charge in [0.2, 0.25) is 0 Å². The molecular formula is C81H142O16P2. The molecule has 0 fully saturated rings. The van der Waals surface area contributed by atoms with Crippen LogP contribution in [0, 0.1) is 0 Å². The van der Waals surface area contributed by atoms with Crippen LogP contribution >= 0.6 is 15.6 Å². The van der Waals surface area contributed by atoms with Crippen LogP contribution in [0.1, 0.15) is 329 Å². The van der Waals surface area contributed by atoms with Crippen molar-refractivity contribution in [3.8, 4) is 0 Å². The highest BCUT2D eigenvalue weighted by atomic mass is 31.2. The molecule has 0 aliphatic heterocycles. The second kappa shape index (κ2) is 73.9. The lowest BCUT2D eigenvalue weighted by molar-refractivity contribution is -0.161. The summed E-state index contributed by atoms with van der Waals surface area (Å²) in [5.41, 5.74) is 0. The van der Waals surface area contributed by atoms with Crippen LogP contribution in [-0.2, 0) is 55.8 Å². The van der Waals surface area contributed by atoms with E-state index >= 15 is 0 Å². The fourth-order valence-electron chi connectivity index (χ4n) is 10.5. The zero-order chi connectivity index (χ0) is 72.3. The van der Waals surface area contributed by atoms with Gasteiger partial charge in [0.25, 0.3) is 0 Å². The number of esters is 3. The molecule has 18 heteroatoms. The molecule has 0 saturated carbocycles. The summed E-state index contributed by atoms with van der Waals surface area (Å²) in [7, 11) is -9.78. The predicted molar refractivity (Wildman–Crippen MR) is 408 cm³/mol. The van der Waals surface area contributed by atoms with Crippen molar-refractivity contribution in [2.24, 2.45) is 0 Å². The summed E-state index contributed by atoms with van der Waals surface area (Å²) in [6.07, 6.45) is 85.7. The first-order chi connectivity index (χ1) is 48.2. The number of carbonyl (C=O) groups is 3. The van der Waals surface area contributed by atoms with Gasteiger partial charge in [-0.2, -0.15) is 0 Å². The summed E-state index contributed by atoms with van der Waals surface area (Å²) < 4.78 is 61.1. The Bertz CT molecular complexity index is 2240. The summed E-state index contributed by atoms with van der Waals surface area (Å²) >= 11 is 0. The number of unbranched alkanes of at least 4 members (excludes halogenated alkanes) is 33. The highest BCUT2D eigenvalue weighted by Gasteiger charge is 2.29. The number of carbonyl (C=O) groups excluding carboxylic acids is 3. The van der Waals surface area contributed by atoms with Gasteiger partial charge in [-0.15, -0.1) is 0 Å². The van der Waals surface area contributed by atoms with E-state index < -0.39 is 91.5 Å². The van der Waals surface area contributed by atoms with E-state index in [0.717, 1.165) is 135 Å². The molecule has 0 saturated heterocycles. The number of phosphoric ester groups is 2. The molecule has 0 aliphatic carbocycles. The topological polar surface area (TPSA) is 231 Å². The van der Waals surface area contributed by atoms with E-state index in [1.165, 1.54) is 135 Å². The third-order valence-electron chi connectivity index (χ3n) is 16.5. The van der Waals surface area contributed by atoms with E-state index in [4.69, 9.17) is 32.3 Å². The highest BCUT2D eigenvalue weighted by molar-refractivity contribution is 7.47. The van der Waals surface area contributed by atoms with Gasteiger partial charge in [-0.1, -0.05) is 310 Å².